The molecule has 1 N–H and O–H groups in total. The van der Waals surface area contributed by atoms with Crippen LogP contribution in [0.15, 0.2) is 126 Å². The van der Waals surface area contributed by atoms with Gasteiger partial charge in [-0.05, 0) is 94.8 Å². The number of rotatable bonds is 6. The van der Waals surface area contributed by atoms with E-state index >= 15 is 0 Å². The molecule has 5 aromatic rings. The van der Waals surface area contributed by atoms with Crippen molar-refractivity contribution in [2.45, 2.75) is 31.9 Å². The molecule has 0 fully saturated rings. The van der Waals surface area contributed by atoms with E-state index in [2.05, 4.69) is 121 Å². The second kappa shape index (κ2) is 10.5. The van der Waals surface area contributed by atoms with Crippen LogP contribution >= 0.6 is 0 Å². The summed E-state index contributed by atoms with van der Waals surface area (Å²) in [4.78, 5) is 4.73. The molecule has 3 heteroatoms. The van der Waals surface area contributed by atoms with Crippen molar-refractivity contribution in [1.82, 2.24) is 0 Å². The molecule has 5 aromatic carbocycles. The summed E-state index contributed by atoms with van der Waals surface area (Å²) in [5.74, 6) is 1.88. The number of ether oxygens (including phenoxy) is 1. The summed E-state index contributed by atoms with van der Waals surface area (Å²) < 4.78 is 6.09. The lowest BCUT2D eigenvalue weighted by Crippen LogP contribution is -2.29. The van der Waals surface area contributed by atoms with Crippen molar-refractivity contribution in [2.24, 2.45) is 10.9 Å². The van der Waals surface area contributed by atoms with Crippen LogP contribution in [0.1, 0.15) is 46.2 Å². The lowest BCUT2D eigenvalue weighted by atomic mass is 9.76. The van der Waals surface area contributed by atoms with Gasteiger partial charge in [-0.2, -0.15) is 0 Å². The second-order valence-electron chi connectivity index (χ2n) is 10.9. The fourth-order valence-electron chi connectivity index (χ4n) is 6.19. The summed E-state index contributed by atoms with van der Waals surface area (Å²) in [6, 6.07) is 38.7. The molecule has 0 radical (unpaired) electrons. The average Bonchev–Trinajstić information content (AvgIpc) is 3.50. The van der Waals surface area contributed by atoms with Gasteiger partial charge in [0.15, 0.2) is 0 Å². The minimum absolute atomic E-state index is 0.301. The van der Waals surface area contributed by atoms with Gasteiger partial charge in [0.25, 0.3) is 0 Å². The Labute approximate surface area is 235 Å². The largest absolute Gasteiger partial charge is 0.489 e. The normalized spacial score (nSPS) is 19.4. The highest BCUT2D eigenvalue weighted by Gasteiger charge is 2.37. The van der Waals surface area contributed by atoms with Crippen LogP contribution in [0.3, 0.4) is 0 Å². The summed E-state index contributed by atoms with van der Waals surface area (Å²) >= 11 is 0. The molecule has 7 rings (SSSR count). The predicted molar refractivity (Wildman–Crippen MR) is 166 cm³/mol. The number of fused-ring (bicyclic) bond motifs is 4. The van der Waals surface area contributed by atoms with Gasteiger partial charge in [-0.15, -0.1) is 0 Å². The summed E-state index contributed by atoms with van der Waals surface area (Å²) in [7, 11) is 0. The van der Waals surface area contributed by atoms with Crippen LogP contribution in [0.25, 0.3) is 10.8 Å². The maximum atomic E-state index is 6.09. The molecule has 0 unspecified atom stereocenters. The standard InChI is InChI=1S/C37H32N2O/c1-25-12-21-36-35(22-25)33-10-5-11-34(33)37(39-36)28-15-17-30(18-16-28)38-23-26-13-19-31(20-14-26)40-24-29-8-4-7-27-6-2-3-9-32(27)29/h2-10,12-23,33-34,37,39H,11,24H2,1H3/t33-,34+,37+/m1/s1. The fourth-order valence-corrected chi connectivity index (χ4v) is 6.19. The van der Waals surface area contributed by atoms with Gasteiger partial charge >= 0.3 is 0 Å². The van der Waals surface area contributed by atoms with Crippen LogP contribution in [0.4, 0.5) is 11.4 Å². The molecule has 3 nitrogen and oxygen atoms in total. The fraction of sp³-hybridized carbons (Fsp3) is 0.162. The molecular formula is C37H32N2O. The Kier molecular flexibility index (Phi) is 6.41. The topological polar surface area (TPSA) is 33.6 Å². The van der Waals surface area contributed by atoms with Gasteiger partial charge in [-0.3, -0.25) is 4.99 Å². The zero-order valence-corrected chi connectivity index (χ0v) is 22.6. The molecule has 0 aromatic heterocycles. The van der Waals surface area contributed by atoms with Crippen molar-refractivity contribution in [1.29, 1.82) is 0 Å². The summed E-state index contributed by atoms with van der Waals surface area (Å²) in [5.41, 5.74) is 8.51. The first kappa shape index (κ1) is 24.4. The number of anilines is 1. The summed E-state index contributed by atoms with van der Waals surface area (Å²) in [5, 5.41) is 6.30. The highest BCUT2D eigenvalue weighted by Crippen LogP contribution is 2.50. The molecular weight excluding hydrogens is 488 g/mol. The minimum atomic E-state index is 0.301. The Bertz CT molecular complexity index is 1710. The first-order valence-corrected chi connectivity index (χ1v) is 14.1. The van der Waals surface area contributed by atoms with Crippen molar-refractivity contribution >= 4 is 28.4 Å². The quantitative estimate of drug-likeness (QED) is 0.179. The number of aliphatic imine (C=N–C) groups is 1. The minimum Gasteiger partial charge on any atom is -0.489 e. The highest BCUT2D eigenvalue weighted by molar-refractivity contribution is 5.85. The number of aryl methyl sites for hydroxylation is 1. The van der Waals surface area contributed by atoms with Crippen LogP contribution < -0.4 is 10.1 Å². The van der Waals surface area contributed by atoms with Crippen molar-refractivity contribution in [3.63, 3.8) is 0 Å². The maximum Gasteiger partial charge on any atom is 0.119 e. The van der Waals surface area contributed by atoms with E-state index in [0.717, 1.165) is 23.4 Å². The number of benzene rings is 5. The molecule has 0 amide bonds. The van der Waals surface area contributed by atoms with Crippen LogP contribution in [0, 0.1) is 12.8 Å². The third-order valence-corrected chi connectivity index (χ3v) is 8.29. The van der Waals surface area contributed by atoms with Crippen molar-refractivity contribution in [3.05, 3.63) is 149 Å². The number of allylic oxidation sites excluding steroid dienone is 2. The van der Waals surface area contributed by atoms with E-state index in [1.165, 1.54) is 38.7 Å². The van der Waals surface area contributed by atoms with Gasteiger partial charge in [0.05, 0.1) is 11.7 Å². The number of hydrogen-bond acceptors (Lipinski definition) is 3. The van der Waals surface area contributed by atoms with Crippen LogP contribution in [0.5, 0.6) is 5.75 Å². The van der Waals surface area contributed by atoms with E-state index in [-0.39, 0.29) is 0 Å². The second-order valence-corrected chi connectivity index (χ2v) is 10.9. The SMILES string of the molecule is Cc1ccc2c(c1)[C@@H]1C=CC[C@@H]1[C@H](c1ccc(N=Cc3ccc(OCc4cccc5ccccc45)cc3)cc1)N2. The average molecular weight is 521 g/mol. The highest BCUT2D eigenvalue weighted by atomic mass is 16.5. The third kappa shape index (κ3) is 4.80. The van der Waals surface area contributed by atoms with E-state index in [9.17, 15) is 0 Å². The molecule has 0 bridgehead atoms. The molecule has 1 aliphatic heterocycles. The molecule has 3 atom stereocenters. The molecule has 2 aliphatic rings. The van der Waals surface area contributed by atoms with Gasteiger partial charge in [0, 0.05) is 17.8 Å². The molecule has 0 saturated carbocycles. The Morgan fingerprint density at radius 2 is 1.70 bits per heavy atom. The molecule has 1 heterocycles. The van der Waals surface area contributed by atoms with Gasteiger partial charge in [0.2, 0.25) is 0 Å². The van der Waals surface area contributed by atoms with Crippen LogP contribution in [-0.4, -0.2) is 6.21 Å². The predicted octanol–water partition coefficient (Wildman–Crippen LogP) is 9.30. The number of nitrogens with zero attached hydrogens (tertiary/aromatic N) is 1. The van der Waals surface area contributed by atoms with Crippen molar-refractivity contribution in [2.75, 3.05) is 5.32 Å². The lowest BCUT2D eigenvalue weighted by Gasteiger charge is -2.37. The monoisotopic (exact) mass is 520 g/mol. The van der Waals surface area contributed by atoms with E-state index in [4.69, 9.17) is 9.73 Å². The Morgan fingerprint density at radius 3 is 2.58 bits per heavy atom. The number of nitrogens with one attached hydrogen (secondary N) is 1. The Balaban J connectivity index is 1.01. The Morgan fingerprint density at radius 1 is 0.875 bits per heavy atom. The molecule has 196 valence electrons. The van der Waals surface area contributed by atoms with E-state index in [1.807, 2.05) is 18.3 Å². The van der Waals surface area contributed by atoms with Crippen LogP contribution in [0.2, 0.25) is 0 Å². The molecule has 0 saturated heterocycles. The lowest BCUT2D eigenvalue weighted by molar-refractivity contribution is 0.307. The first-order chi connectivity index (χ1) is 19.7. The van der Waals surface area contributed by atoms with E-state index in [0.29, 0.717) is 24.5 Å². The number of hydrogen-bond donors (Lipinski definition) is 1. The molecule has 0 spiro atoms. The van der Waals surface area contributed by atoms with Gasteiger partial charge in [-0.1, -0.05) is 84.4 Å². The smallest absolute Gasteiger partial charge is 0.119 e. The van der Waals surface area contributed by atoms with Crippen molar-refractivity contribution < 1.29 is 4.74 Å². The van der Waals surface area contributed by atoms with E-state index in [1.54, 1.807) is 0 Å². The summed E-state index contributed by atoms with van der Waals surface area (Å²) in [6.07, 6.45) is 7.77. The maximum absolute atomic E-state index is 6.09. The third-order valence-electron chi connectivity index (χ3n) is 8.29. The Hall–Kier alpha value is -4.63. The van der Waals surface area contributed by atoms with E-state index < -0.39 is 0 Å². The summed E-state index contributed by atoms with van der Waals surface area (Å²) in [6.45, 7) is 2.72. The zero-order valence-electron chi connectivity index (χ0n) is 22.6. The van der Waals surface area contributed by atoms with Gasteiger partial charge < -0.3 is 10.1 Å². The van der Waals surface area contributed by atoms with Crippen LogP contribution in [-0.2, 0) is 6.61 Å². The molecule has 40 heavy (non-hydrogen) atoms. The zero-order chi connectivity index (χ0) is 26.9. The van der Waals surface area contributed by atoms with Gasteiger partial charge in [0.1, 0.15) is 12.4 Å². The first-order valence-electron chi connectivity index (χ1n) is 14.1. The molecule has 1 aliphatic carbocycles. The van der Waals surface area contributed by atoms with Crippen molar-refractivity contribution in [3.8, 4) is 5.75 Å². The van der Waals surface area contributed by atoms with Gasteiger partial charge in [-0.25, -0.2) is 0 Å².